The maximum absolute atomic E-state index is 13.6. The summed E-state index contributed by atoms with van der Waals surface area (Å²) >= 11 is 0. The van der Waals surface area contributed by atoms with E-state index >= 15 is 0 Å². The van der Waals surface area contributed by atoms with Gasteiger partial charge < -0.3 is 20.5 Å². The van der Waals surface area contributed by atoms with Crippen LogP contribution in [-0.2, 0) is 4.79 Å². The fourth-order valence-electron chi connectivity index (χ4n) is 4.10. The summed E-state index contributed by atoms with van der Waals surface area (Å²) < 4.78 is 7.07. The number of nitrogens with one attached hydrogen (secondary N) is 2. The van der Waals surface area contributed by atoms with Gasteiger partial charge in [0.1, 0.15) is 17.5 Å². The van der Waals surface area contributed by atoms with Crippen molar-refractivity contribution in [3.8, 4) is 22.9 Å². The van der Waals surface area contributed by atoms with Gasteiger partial charge in [0.05, 0.1) is 18.4 Å². The van der Waals surface area contributed by atoms with Crippen LogP contribution < -0.4 is 15.4 Å². The van der Waals surface area contributed by atoms with Crippen LogP contribution in [0.4, 0.5) is 11.6 Å². The van der Waals surface area contributed by atoms with Crippen LogP contribution in [0.3, 0.4) is 0 Å². The minimum absolute atomic E-state index is 0.100. The number of rotatable bonds is 5. The number of hydrogen-bond acceptors (Lipinski definition) is 6. The molecular weight excluding hydrogens is 430 g/mol. The molecule has 3 aromatic carbocycles. The molecule has 34 heavy (non-hydrogen) atoms. The number of nitrogens with zero attached hydrogens (tertiary/aromatic N) is 3. The Kier molecular flexibility index (Phi) is 5.47. The van der Waals surface area contributed by atoms with E-state index in [2.05, 4.69) is 15.6 Å². The molecule has 0 saturated heterocycles. The standard InChI is InChI=1S/C26H23N5O3/c1-16-22(25(33)28-20-13-6-7-14-21(20)34-2)23(18-11-8-12-19(32)15-18)31-26(27-16)29-24(30-31)17-9-4-3-5-10-17/h3-15,23,32H,1-2H3,(H,28,33)(H,27,29,30)/t23-/m0/s1. The second kappa shape index (κ2) is 8.74. The summed E-state index contributed by atoms with van der Waals surface area (Å²) in [5.41, 5.74) is 3.21. The van der Waals surface area contributed by atoms with Crippen LogP contribution >= 0.6 is 0 Å². The van der Waals surface area contributed by atoms with Crippen molar-refractivity contribution in [1.29, 1.82) is 0 Å². The van der Waals surface area contributed by atoms with Crippen LogP contribution in [0.15, 0.2) is 90.1 Å². The molecule has 3 N–H and O–H groups in total. The number of para-hydroxylation sites is 2. The van der Waals surface area contributed by atoms with Gasteiger partial charge >= 0.3 is 0 Å². The highest BCUT2D eigenvalue weighted by molar-refractivity contribution is 6.06. The number of hydrogen-bond donors (Lipinski definition) is 3. The molecule has 1 aliphatic rings. The summed E-state index contributed by atoms with van der Waals surface area (Å²) in [6, 6.07) is 23.1. The number of methoxy groups -OCH3 is 1. The van der Waals surface area contributed by atoms with Gasteiger partial charge in [-0.3, -0.25) is 4.79 Å². The van der Waals surface area contributed by atoms with E-state index in [4.69, 9.17) is 9.84 Å². The Morgan fingerprint density at radius 2 is 1.82 bits per heavy atom. The lowest BCUT2D eigenvalue weighted by Gasteiger charge is -2.29. The molecule has 2 heterocycles. The Labute approximate surface area is 196 Å². The predicted octanol–water partition coefficient (Wildman–Crippen LogP) is 4.59. The molecule has 8 nitrogen and oxygen atoms in total. The summed E-state index contributed by atoms with van der Waals surface area (Å²) in [4.78, 5) is 18.3. The van der Waals surface area contributed by atoms with E-state index in [1.54, 1.807) is 42.1 Å². The van der Waals surface area contributed by atoms with Crippen molar-refractivity contribution in [3.63, 3.8) is 0 Å². The molecule has 0 spiro atoms. The van der Waals surface area contributed by atoms with E-state index in [-0.39, 0.29) is 11.7 Å². The van der Waals surface area contributed by atoms with Crippen LogP contribution in [0.2, 0.25) is 0 Å². The number of ether oxygens (including phenoxy) is 1. The van der Waals surface area contributed by atoms with Gasteiger partial charge in [0.25, 0.3) is 5.91 Å². The fourth-order valence-corrected chi connectivity index (χ4v) is 4.10. The second-order valence-corrected chi connectivity index (χ2v) is 7.89. The quantitative estimate of drug-likeness (QED) is 0.409. The zero-order chi connectivity index (χ0) is 23.7. The molecule has 0 unspecified atom stereocenters. The minimum atomic E-state index is -0.608. The molecule has 0 aliphatic carbocycles. The molecule has 170 valence electrons. The first-order chi connectivity index (χ1) is 16.5. The SMILES string of the molecule is COc1ccccc1NC(=O)C1=C(C)Nc2nc(-c3ccccc3)nn2[C@H]1c1cccc(O)c1. The monoisotopic (exact) mass is 453 g/mol. The summed E-state index contributed by atoms with van der Waals surface area (Å²) in [7, 11) is 1.56. The molecule has 8 heteroatoms. The Morgan fingerprint density at radius 1 is 1.06 bits per heavy atom. The van der Waals surface area contributed by atoms with Crippen molar-refractivity contribution in [2.45, 2.75) is 13.0 Å². The third kappa shape index (κ3) is 3.86. The smallest absolute Gasteiger partial charge is 0.255 e. The van der Waals surface area contributed by atoms with Gasteiger partial charge in [-0.25, -0.2) is 4.68 Å². The number of aromatic hydroxyl groups is 1. The van der Waals surface area contributed by atoms with Crippen LogP contribution in [0, 0.1) is 0 Å². The Bertz CT molecular complexity index is 1390. The van der Waals surface area contributed by atoms with Gasteiger partial charge in [-0.05, 0) is 36.8 Å². The molecule has 5 rings (SSSR count). The maximum atomic E-state index is 13.6. The fraction of sp³-hybridized carbons (Fsp3) is 0.115. The van der Waals surface area contributed by atoms with E-state index < -0.39 is 6.04 Å². The van der Waals surface area contributed by atoms with Crippen LogP contribution in [0.25, 0.3) is 11.4 Å². The van der Waals surface area contributed by atoms with Gasteiger partial charge in [-0.1, -0.05) is 54.6 Å². The number of allylic oxidation sites excluding steroid dienone is 1. The van der Waals surface area contributed by atoms with Crippen molar-refractivity contribution in [3.05, 3.63) is 95.7 Å². The average molecular weight is 454 g/mol. The molecule has 0 bridgehead atoms. The maximum Gasteiger partial charge on any atom is 0.255 e. The molecule has 1 aromatic heterocycles. The van der Waals surface area contributed by atoms with Gasteiger partial charge in [-0.15, -0.1) is 5.10 Å². The first-order valence-electron chi connectivity index (χ1n) is 10.8. The molecule has 0 fully saturated rings. The average Bonchev–Trinajstić information content (AvgIpc) is 3.27. The Hall–Kier alpha value is -4.59. The summed E-state index contributed by atoms with van der Waals surface area (Å²) in [6.45, 7) is 1.83. The lowest BCUT2D eigenvalue weighted by Crippen LogP contribution is -2.31. The number of aromatic nitrogens is 3. The van der Waals surface area contributed by atoms with Gasteiger partial charge in [0, 0.05) is 11.3 Å². The number of carbonyl (C=O) groups is 1. The minimum Gasteiger partial charge on any atom is -0.508 e. The van der Waals surface area contributed by atoms with E-state index in [1.807, 2.05) is 55.5 Å². The van der Waals surface area contributed by atoms with Gasteiger partial charge in [0.15, 0.2) is 5.82 Å². The third-order valence-electron chi connectivity index (χ3n) is 5.67. The second-order valence-electron chi connectivity index (χ2n) is 7.89. The molecule has 1 amide bonds. The molecule has 0 radical (unpaired) electrons. The van der Waals surface area contributed by atoms with Crippen molar-refractivity contribution in [2.75, 3.05) is 17.7 Å². The van der Waals surface area contributed by atoms with E-state index in [0.717, 1.165) is 5.56 Å². The van der Waals surface area contributed by atoms with Crippen molar-refractivity contribution in [2.24, 2.45) is 0 Å². The van der Waals surface area contributed by atoms with Gasteiger partial charge in [-0.2, -0.15) is 4.98 Å². The first kappa shape index (κ1) is 21.3. The van der Waals surface area contributed by atoms with Crippen molar-refractivity contribution >= 4 is 17.5 Å². The van der Waals surface area contributed by atoms with E-state index in [9.17, 15) is 9.90 Å². The van der Waals surface area contributed by atoms with E-state index in [1.165, 1.54) is 0 Å². The van der Waals surface area contributed by atoms with Crippen LogP contribution in [0.5, 0.6) is 11.5 Å². The van der Waals surface area contributed by atoms with Crippen molar-refractivity contribution < 1.29 is 14.6 Å². The first-order valence-corrected chi connectivity index (χ1v) is 10.8. The highest BCUT2D eigenvalue weighted by Crippen LogP contribution is 2.38. The number of benzene rings is 3. The molecule has 4 aromatic rings. The van der Waals surface area contributed by atoms with E-state index in [0.29, 0.717) is 40.0 Å². The zero-order valence-electron chi connectivity index (χ0n) is 18.7. The normalized spacial score (nSPS) is 14.8. The number of anilines is 2. The lowest BCUT2D eigenvalue weighted by molar-refractivity contribution is -0.113. The lowest BCUT2D eigenvalue weighted by atomic mass is 9.95. The van der Waals surface area contributed by atoms with Gasteiger partial charge in [0.2, 0.25) is 5.95 Å². The van der Waals surface area contributed by atoms with Crippen LogP contribution in [-0.4, -0.2) is 32.9 Å². The summed E-state index contributed by atoms with van der Waals surface area (Å²) in [5, 5.41) is 21.1. The number of carbonyl (C=O) groups excluding carboxylic acids is 1. The number of amides is 1. The summed E-state index contributed by atoms with van der Waals surface area (Å²) in [5.74, 6) is 1.39. The zero-order valence-corrected chi connectivity index (χ0v) is 18.7. The highest BCUT2D eigenvalue weighted by atomic mass is 16.5. The summed E-state index contributed by atoms with van der Waals surface area (Å²) in [6.07, 6.45) is 0. The number of phenolic OH excluding ortho intramolecular Hbond substituents is 1. The number of phenols is 1. The largest absolute Gasteiger partial charge is 0.508 e. The molecular formula is C26H23N5O3. The molecule has 1 atom stereocenters. The predicted molar refractivity (Wildman–Crippen MR) is 130 cm³/mol. The molecule has 0 saturated carbocycles. The third-order valence-corrected chi connectivity index (χ3v) is 5.67. The molecule has 1 aliphatic heterocycles. The Morgan fingerprint density at radius 3 is 2.59 bits per heavy atom. The van der Waals surface area contributed by atoms with Crippen molar-refractivity contribution in [1.82, 2.24) is 14.8 Å². The highest BCUT2D eigenvalue weighted by Gasteiger charge is 2.35. The topological polar surface area (TPSA) is 101 Å². The van der Waals surface area contributed by atoms with Crippen LogP contribution in [0.1, 0.15) is 18.5 Å². The number of fused-ring (bicyclic) bond motifs is 1. The Balaban J connectivity index is 1.61.